The van der Waals surface area contributed by atoms with Crippen molar-refractivity contribution in [3.8, 4) is 28.0 Å². The summed E-state index contributed by atoms with van der Waals surface area (Å²) in [5, 5.41) is 14.1. The van der Waals surface area contributed by atoms with Crippen molar-refractivity contribution in [1.29, 1.82) is 0 Å². The van der Waals surface area contributed by atoms with Gasteiger partial charge in [-0.2, -0.15) is 0 Å². The summed E-state index contributed by atoms with van der Waals surface area (Å²) in [6, 6.07) is 17.8. The second-order valence-electron chi connectivity index (χ2n) is 9.33. The van der Waals surface area contributed by atoms with Crippen molar-refractivity contribution in [2.24, 2.45) is 0 Å². The number of likely N-dealkylation sites (N-methyl/N-ethyl adjacent to an activating group) is 1. The van der Waals surface area contributed by atoms with Crippen molar-refractivity contribution < 1.29 is 14.3 Å². The van der Waals surface area contributed by atoms with Crippen molar-refractivity contribution in [3.05, 3.63) is 83.8 Å². The lowest BCUT2D eigenvalue weighted by Gasteiger charge is -2.24. The number of benzene rings is 3. The van der Waals surface area contributed by atoms with Crippen LogP contribution in [0.1, 0.15) is 28.8 Å². The van der Waals surface area contributed by atoms with Gasteiger partial charge in [0.2, 0.25) is 0 Å². The van der Waals surface area contributed by atoms with E-state index < -0.39 is 0 Å². The first-order valence-corrected chi connectivity index (χ1v) is 11.9. The highest BCUT2D eigenvalue weighted by molar-refractivity contribution is 6.12. The van der Waals surface area contributed by atoms with E-state index in [1.54, 1.807) is 29.3 Å². The number of aryl methyl sites for hydroxylation is 1. The van der Waals surface area contributed by atoms with Crippen molar-refractivity contribution in [2.45, 2.75) is 25.8 Å². The number of nitrogens with zero attached hydrogens (tertiary/aromatic N) is 2. The average Bonchev–Trinajstić information content (AvgIpc) is 3.35. The molecule has 0 saturated carbocycles. The van der Waals surface area contributed by atoms with E-state index in [4.69, 9.17) is 0 Å². The molecule has 1 atom stereocenters. The predicted octanol–water partition coefficient (Wildman–Crippen LogP) is 5.55. The summed E-state index contributed by atoms with van der Waals surface area (Å²) in [5.74, 6) is -0.309. The minimum atomic E-state index is -0.351. The number of nitrogens with one attached hydrogen (secondary N) is 1. The summed E-state index contributed by atoms with van der Waals surface area (Å²) in [4.78, 5) is 20.3. The number of phenols is 1. The lowest BCUT2D eigenvalue weighted by molar-refractivity contribution is 0.0786. The zero-order valence-corrected chi connectivity index (χ0v) is 19.9. The van der Waals surface area contributed by atoms with Gasteiger partial charge in [0.1, 0.15) is 11.6 Å². The summed E-state index contributed by atoms with van der Waals surface area (Å²) in [7, 11) is 1.81. The first-order valence-electron chi connectivity index (χ1n) is 11.9. The molecule has 35 heavy (non-hydrogen) atoms. The number of pyridine rings is 1. The van der Waals surface area contributed by atoms with E-state index in [1.807, 2.05) is 44.3 Å². The number of aromatic nitrogens is 1. The van der Waals surface area contributed by atoms with Crippen LogP contribution in [-0.4, -0.2) is 47.1 Å². The number of hydrogen-bond donors (Lipinski definition) is 2. The van der Waals surface area contributed by atoms with Crippen LogP contribution in [0.25, 0.3) is 33.2 Å². The molecule has 2 heterocycles. The topological polar surface area (TPSA) is 65.5 Å². The Balaban J connectivity index is 1.69. The number of hydrogen-bond acceptors (Lipinski definition) is 4. The van der Waals surface area contributed by atoms with Gasteiger partial charge in [-0.1, -0.05) is 24.3 Å². The van der Waals surface area contributed by atoms with E-state index in [9.17, 15) is 14.3 Å². The molecular formula is C29H28FN3O2. The fourth-order valence-corrected chi connectivity index (χ4v) is 4.92. The first kappa shape index (κ1) is 23.0. The fraction of sp³-hybridized carbons (Fsp3) is 0.241. The van der Waals surface area contributed by atoms with E-state index >= 15 is 0 Å². The minimum Gasteiger partial charge on any atom is -0.508 e. The van der Waals surface area contributed by atoms with Crippen LogP contribution >= 0.6 is 0 Å². The zero-order valence-electron chi connectivity index (χ0n) is 19.9. The van der Waals surface area contributed by atoms with Gasteiger partial charge < -0.3 is 15.3 Å². The molecule has 1 fully saturated rings. The highest BCUT2D eigenvalue weighted by Gasteiger charge is 2.25. The predicted molar refractivity (Wildman–Crippen MR) is 137 cm³/mol. The van der Waals surface area contributed by atoms with Crippen molar-refractivity contribution in [3.63, 3.8) is 0 Å². The molecule has 4 aromatic rings. The Morgan fingerprint density at radius 3 is 2.69 bits per heavy atom. The number of carbonyl (C=O) groups excluding carboxylic acids is 1. The Kier molecular flexibility index (Phi) is 6.22. The number of rotatable bonds is 5. The van der Waals surface area contributed by atoms with Crippen LogP contribution in [0.4, 0.5) is 4.39 Å². The van der Waals surface area contributed by atoms with Crippen LogP contribution in [0.2, 0.25) is 0 Å². The second kappa shape index (κ2) is 9.47. The number of fused-ring (bicyclic) bond motifs is 1. The maximum Gasteiger partial charge on any atom is 0.255 e. The standard InChI is InChI=1S/C29H28FN3O2/c1-18-11-21(13-22(30)12-18)26-16-32-27-9-8-20(19-5-3-7-24(34)14-19)15-25(27)28(26)29(35)33(2)17-23-6-4-10-31-23/h3,5,7-9,11-16,23,31,34H,4,6,10,17H2,1-2H3/t23-/m0/s1. The number of carbonyl (C=O) groups is 1. The summed E-state index contributed by atoms with van der Waals surface area (Å²) in [6.45, 7) is 3.39. The normalized spacial score (nSPS) is 15.5. The van der Waals surface area contributed by atoms with Crippen molar-refractivity contribution in [1.82, 2.24) is 15.2 Å². The van der Waals surface area contributed by atoms with Crippen LogP contribution in [0, 0.1) is 12.7 Å². The molecule has 1 aliphatic rings. The summed E-state index contributed by atoms with van der Waals surface area (Å²) in [5.41, 5.74) is 4.87. The molecular weight excluding hydrogens is 441 g/mol. The van der Waals surface area contributed by atoms with Crippen LogP contribution < -0.4 is 5.32 Å². The largest absolute Gasteiger partial charge is 0.508 e. The monoisotopic (exact) mass is 469 g/mol. The third-order valence-electron chi connectivity index (χ3n) is 6.62. The zero-order chi connectivity index (χ0) is 24.5. The van der Waals surface area contributed by atoms with Crippen LogP contribution in [0.15, 0.2) is 66.9 Å². The molecule has 1 aromatic heterocycles. The van der Waals surface area contributed by atoms with E-state index in [1.165, 1.54) is 12.1 Å². The molecule has 0 bridgehead atoms. The van der Waals surface area contributed by atoms with Crippen LogP contribution in [0.3, 0.4) is 0 Å². The number of amides is 1. The second-order valence-corrected chi connectivity index (χ2v) is 9.33. The number of aromatic hydroxyl groups is 1. The highest BCUT2D eigenvalue weighted by Crippen LogP contribution is 2.34. The maximum absolute atomic E-state index is 14.4. The molecule has 178 valence electrons. The minimum absolute atomic E-state index is 0.129. The van der Waals surface area contributed by atoms with Gasteiger partial charge in [-0.15, -0.1) is 0 Å². The van der Waals surface area contributed by atoms with E-state index in [-0.39, 0.29) is 23.5 Å². The maximum atomic E-state index is 14.4. The van der Waals surface area contributed by atoms with E-state index in [2.05, 4.69) is 10.3 Å². The smallest absolute Gasteiger partial charge is 0.255 e. The van der Waals surface area contributed by atoms with Gasteiger partial charge in [-0.05, 0) is 85.0 Å². The Hall–Kier alpha value is -3.77. The van der Waals surface area contributed by atoms with Gasteiger partial charge in [0.05, 0.1) is 11.1 Å². The SMILES string of the molecule is Cc1cc(F)cc(-c2cnc3ccc(-c4cccc(O)c4)cc3c2C(=O)N(C)C[C@@H]2CCCN2)c1. The molecule has 0 radical (unpaired) electrons. The molecule has 1 amide bonds. The molecule has 0 aliphatic carbocycles. The van der Waals surface area contributed by atoms with Gasteiger partial charge >= 0.3 is 0 Å². The van der Waals surface area contributed by atoms with Crippen molar-refractivity contribution >= 4 is 16.8 Å². The lowest BCUT2D eigenvalue weighted by atomic mass is 9.93. The fourth-order valence-electron chi connectivity index (χ4n) is 4.92. The molecule has 0 spiro atoms. The third-order valence-corrected chi connectivity index (χ3v) is 6.62. The lowest BCUT2D eigenvalue weighted by Crippen LogP contribution is -2.38. The Morgan fingerprint density at radius 1 is 1.11 bits per heavy atom. The molecule has 5 nitrogen and oxygen atoms in total. The van der Waals surface area contributed by atoms with Gasteiger partial charge in [-0.25, -0.2) is 4.39 Å². The number of halogens is 1. The molecule has 5 rings (SSSR count). The quantitative estimate of drug-likeness (QED) is 0.402. The molecule has 1 saturated heterocycles. The van der Waals surface area contributed by atoms with Gasteiger partial charge in [0.15, 0.2) is 0 Å². The highest BCUT2D eigenvalue weighted by atomic mass is 19.1. The Bertz CT molecular complexity index is 1390. The summed E-state index contributed by atoms with van der Waals surface area (Å²) < 4.78 is 14.4. The summed E-state index contributed by atoms with van der Waals surface area (Å²) >= 11 is 0. The summed E-state index contributed by atoms with van der Waals surface area (Å²) in [6.07, 6.45) is 3.80. The Labute approximate surface area is 204 Å². The average molecular weight is 470 g/mol. The Morgan fingerprint density at radius 2 is 1.94 bits per heavy atom. The first-order chi connectivity index (χ1) is 16.9. The van der Waals surface area contributed by atoms with E-state index in [0.717, 1.165) is 36.1 Å². The van der Waals surface area contributed by atoms with Gasteiger partial charge in [-0.3, -0.25) is 9.78 Å². The van der Waals surface area contributed by atoms with Crippen molar-refractivity contribution in [2.75, 3.05) is 20.1 Å². The molecule has 1 aliphatic heterocycles. The third kappa shape index (κ3) is 4.75. The number of phenolic OH excluding ortho intramolecular Hbond substituents is 1. The molecule has 2 N–H and O–H groups in total. The molecule has 3 aromatic carbocycles. The van der Waals surface area contributed by atoms with Gasteiger partial charge in [0, 0.05) is 36.8 Å². The van der Waals surface area contributed by atoms with Gasteiger partial charge in [0.25, 0.3) is 5.91 Å². The molecule has 6 heteroatoms. The molecule has 0 unspecified atom stereocenters. The van der Waals surface area contributed by atoms with Crippen LogP contribution in [0.5, 0.6) is 5.75 Å². The van der Waals surface area contributed by atoms with E-state index in [0.29, 0.717) is 34.1 Å². The van der Waals surface area contributed by atoms with Crippen LogP contribution in [-0.2, 0) is 0 Å².